The van der Waals surface area contributed by atoms with E-state index in [1.54, 1.807) is 6.92 Å². The zero-order valence-corrected chi connectivity index (χ0v) is 26.0. The van der Waals surface area contributed by atoms with Crippen molar-refractivity contribution in [3.63, 3.8) is 0 Å². The molecule has 1 aliphatic rings. The van der Waals surface area contributed by atoms with Gasteiger partial charge in [-0.2, -0.15) is 0 Å². The van der Waals surface area contributed by atoms with Gasteiger partial charge in [-0.25, -0.2) is 4.79 Å². The Hall–Kier alpha value is -3.66. The minimum Gasteiger partial charge on any atom is -0.462 e. The predicted molar refractivity (Wildman–Crippen MR) is 178 cm³/mol. The normalized spacial score (nSPS) is 14.0. The van der Waals surface area contributed by atoms with E-state index in [1.807, 2.05) is 61.5 Å². The van der Waals surface area contributed by atoms with E-state index in [0.29, 0.717) is 21.6 Å². The largest absolute Gasteiger partial charge is 0.462 e. The van der Waals surface area contributed by atoms with E-state index in [9.17, 15) is 9.59 Å². The summed E-state index contributed by atoms with van der Waals surface area (Å²) in [5.74, 6) is 0.0589. The molecule has 1 aromatic heterocycles. The average Bonchev–Trinajstić information content (AvgIpc) is 3.35. The number of thiocarbonyl (C=S) groups is 1. The molecule has 1 amide bonds. The number of benzene rings is 3. The molecule has 0 radical (unpaired) electrons. The standard InChI is InChI=1S/C33H33N3O3S3/c1-3-39-32(38)30-27-17-14-23(22-8-5-4-6-9-22)18-28(27)42-31(30)36-29(37)20-41-26-11-7-10-25(19-26)35-33(40)34-24-15-12-21(2)13-16-24/h4-13,15-16,19,23H,3,14,17-18,20H2,1-2H3,(H,36,37)(H2,34,35,40). The molecule has 5 rings (SSSR count). The molecule has 0 bridgehead atoms. The first-order chi connectivity index (χ1) is 20.4. The molecule has 1 unspecified atom stereocenters. The van der Waals surface area contributed by atoms with Crippen LogP contribution >= 0.6 is 35.3 Å². The Bertz CT molecular complexity index is 1570. The number of rotatable bonds is 9. The fraction of sp³-hybridized carbons (Fsp3) is 0.242. The van der Waals surface area contributed by atoms with Crippen LogP contribution in [-0.4, -0.2) is 29.3 Å². The van der Waals surface area contributed by atoms with Crippen molar-refractivity contribution in [2.24, 2.45) is 0 Å². The Morgan fingerprint density at radius 2 is 1.74 bits per heavy atom. The van der Waals surface area contributed by atoms with Gasteiger partial charge in [-0.3, -0.25) is 4.79 Å². The number of nitrogens with one attached hydrogen (secondary N) is 3. The number of amides is 1. The molecule has 0 aliphatic heterocycles. The fourth-order valence-corrected chi connectivity index (χ4v) is 7.33. The lowest BCUT2D eigenvalue weighted by Crippen LogP contribution is -2.19. The van der Waals surface area contributed by atoms with Crippen LogP contribution in [0.4, 0.5) is 16.4 Å². The van der Waals surface area contributed by atoms with E-state index < -0.39 is 0 Å². The fourth-order valence-electron chi connectivity index (χ4n) is 5.01. The Kier molecular flexibility index (Phi) is 9.94. The third kappa shape index (κ3) is 7.59. The van der Waals surface area contributed by atoms with Crippen LogP contribution in [-0.2, 0) is 22.4 Å². The van der Waals surface area contributed by atoms with E-state index in [2.05, 4.69) is 40.2 Å². The molecule has 3 aromatic carbocycles. The number of fused-ring (bicyclic) bond motifs is 1. The van der Waals surface area contributed by atoms with Gasteiger partial charge < -0.3 is 20.7 Å². The summed E-state index contributed by atoms with van der Waals surface area (Å²) >= 11 is 8.39. The number of esters is 1. The van der Waals surface area contributed by atoms with Crippen LogP contribution in [0.25, 0.3) is 0 Å². The highest BCUT2D eigenvalue weighted by molar-refractivity contribution is 8.00. The van der Waals surface area contributed by atoms with E-state index >= 15 is 0 Å². The second-order valence-corrected chi connectivity index (χ2v) is 12.7. The minimum atomic E-state index is -0.370. The molecule has 6 nitrogen and oxygen atoms in total. The molecular formula is C33H33N3O3S3. The molecule has 1 heterocycles. The first kappa shape index (κ1) is 29.8. The van der Waals surface area contributed by atoms with Gasteiger partial charge in [0.15, 0.2) is 5.11 Å². The van der Waals surface area contributed by atoms with E-state index in [4.69, 9.17) is 17.0 Å². The topological polar surface area (TPSA) is 79.5 Å². The van der Waals surface area contributed by atoms with Crippen molar-refractivity contribution in [1.29, 1.82) is 0 Å². The van der Waals surface area contributed by atoms with Gasteiger partial charge in [-0.15, -0.1) is 23.1 Å². The van der Waals surface area contributed by atoms with Crippen molar-refractivity contribution in [1.82, 2.24) is 0 Å². The maximum absolute atomic E-state index is 13.1. The number of aryl methyl sites for hydroxylation is 1. The van der Waals surface area contributed by atoms with E-state index in [0.717, 1.165) is 46.0 Å². The lowest BCUT2D eigenvalue weighted by Gasteiger charge is -2.23. The summed E-state index contributed by atoms with van der Waals surface area (Å²) in [6, 6.07) is 26.2. The van der Waals surface area contributed by atoms with Crippen molar-refractivity contribution in [3.8, 4) is 0 Å². The summed E-state index contributed by atoms with van der Waals surface area (Å²) in [5.41, 5.74) is 5.76. The molecule has 0 saturated heterocycles. The molecular weight excluding hydrogens is 583 g/mol. The van der Waals surface area contributed by atoms with Gasteiger partial charge in [0.2, 0.25) is 5.91 Å². The molecule has 3 N–H and O–H groups in total. The van der Waals surface area contributed by atoms with Crippen molar-refractivity contribution in [3.05, 3.63) is 106 Å². The predicted octanol–water partition coefficient (Wildman–Crippen LogP) is 8.05. The Labute approximate surface area is 260 Å². The van der Waals surface area contributed by atoms with Gasteiger partial charge in [-0.05, 0) is 92.7 Å². The highest BCUT2D eigenvalue weighted by atomic mass is 32.2. The van der Waals surface area contributed by atoms with Crippen molar-refractivity contribution >= 4 is 68.7 Å². The number of ether oxygens (including phenoxy) is 1. The molecule has 42 heavy (non-hydrogen) atoms. The Morgan fingerprint density at radius 1 is 0.976 bits per heavy atom. The zero-order chi connectivity index (χ0) is 29.5. The summed E-state index contributed by atoms with van der Waals surface area (Å²) in [6.07, 6.45) is 2.59. The summed E-state index contributed by atoms with van der Waals surface area (Å²) in [5, 5.41) is 10.5. The van der Waals surface area contributed by atoms with Crippen molar-refractivity contribution in [2.45, 2.75) is 43.9 Å². The molecule has 1 atom stereocenters. The van der Waals surface area contributed by atoms with Crippen LogP contribution in [0.1, 0.15) is 51.2 Å². The van der Waals surface area contributed by atoms with Crippen LogP contribution in [0.5, 0.6) is 0 Å². The third-order valence-corrected chi connectivity index (χ3v) is 9.41. The van der Waals surface area contributed by atoms with Gasteiger partial charge >= 0.3 is 5.97 Å². The second kappa shape index (κ2) is 14.0. The van der Waals surface area contributed by atoms with Gasteiger partial charge in [0.1, 0.15) is 5.00 Å². The maximum Gasteiger partial charge on any atom is 0.341 e. The molecule has 9 heteroatoms. The lowest BCUT2D eigenvalue weighted by atomic mass is 9.83. The van der Waals surface area contributed by atoms with Crippen LogP contribution < -0.4 is 16.0 Å². The van der Waals surface area contributed by atoms with Gasteiger partial charge in [0.25, 0.3) is 0 Å². The van der Waals surface area contributed by atoms with Gasteiger partial charge in [0.05, 0.1) is 17.9 Å². The summed E-state index contributed by atoms with van der Waals surface area (Å²) in [4.78, 5) is 28.1. The van der Waals surface area contributed by atoms with Crippen LogP contribution in [0.15, 0.2) is 83.8 Å². The first-order valence-electron chi connectivity index (χ1n) is 13.9. The van der Waals surface area contributed by atoms with E-state index in [-0.39, 0.29) is 24.2 Å². The molecule has 0 fully saturated rings. The van der Waals surface area contributed by atoms with Crippen LogP contribution in [0, 0.1) is 6.92 Å². The quantitative estimate of drug-likeness (QED) is 0.0999. The van der Waals surface area contributed by atoms with Crippen molar-refractivity contribution in [2.75, 3.05) is 28.3 Å². The van der Waals surface area contributed by atoms with Crippen LogP contribution in [0.2, 0.25) is 0 Å². The molecule has 216 valence electrons. The maximum atomic E-state index is 13.1. The zero-order valence-electron chi connectivity index (χ0n) is 23.6. The SMILES string of the molecule is CCOC(=O)c1c(NC(=O)CSc2cccc(NC(=S)Nc3ccc(C)cc3)c2)sc2c1CCC(c1ccccc1)C2. The summed E-state index contributed by atoms with van der Waals surface area (Å²) in [7, 11) is 0. The highest BCUT2D eigenvalue weighted by Gasteiger charge is 2.30. The first-order valence-corrected chi connectivity index (χ1v) is 16.1. The monoisotopic (exact) mass is 615 g/mol. The van der Waals surface area contributed by atoms with Crippen molar-refractivity contribution < 1.29 is 14.3 Å². The minimum absolute atomic E-state index is 0.168. The smallest absolute Gasteiger partial charge is 0.341 e. The van der Waals surface area contributed by atoms with E-state index in [1.165, 1.54) is 34.2 Å². The number of hydrogen-bond acceptors (Lipinski definition) is 6. The van der Waals surface area contributed by atoms with Crippen LogP contribution in [0.3, 0.4) is 0 Å². The number of thioether (sulfide) groups is 1. The molecule has 0 spiro atoms. The average molecular weight is 616 g/mol. The number of carbonyl (C=O) groups excluding carboxylic acids is 2. The summed E-state index contributed by atoms with van der Waals surface area (Å²) < 4.78 is 5.39. The number of carbonyl (C=O) groups is 2. The number of hydrogen-bond donors (Lipinski definition) is 3. The molecule has 0 saturated carbocycles. The third-order valence-electron chi connectivity index (χ3n) is 7.04. The Balaban J connectivity index is 1.22. The number of anilines is 3. The molecule has 4 aromatic rings. The lowest BCUT2D eigenvalue weighted by molar-refractivity contribution is -0.113. The second-order valence-electron chi connectivity index (χ2n) is 10.1. The van der Waals surface area contributed by atoms with Gasteiger partial charge in [-0.1, -0.05) is 54.1 Å². The molecule has 1 aliphatic carbocycles. The highest BCUT2D eigenvalue weighted by Crippen LogP contribution is 2.43. The summed E-state index contributed by atoms with van der Waals surface area (Å²) in [6.45, 7) is 4.12. The number of thiophene rings is 1. The van der Waals surface area contributed by atoms with Gasteiger partial charge in [0, 0.05) is 21.1 Å². The Morgan fingerprint density at radius 3 is 2.50 bits per heavy atom.